The van der Waals surface area contributed by atoms with E-state index < -0.39 is 17.5 Å². The van der Waals surface area contributed by atoms with Gasteiger partial charge in [0.1, 0.15) is 12.1 Å². The number of hydrogen-bond acceptors (Lipinski definition) is 5. The van der Waals surface area contributed by atoms with E-state index in [0.717, 1.165) is 45.1 Å². The second kappa shape index (κ2) is 16.1. The fourth-order valence-electron chi connectivity index (χ4n) is 6.42. The molecule has 2 heterocycles. The Kier molecular flexibility index (Phi) is 13.7. The minimum absolute atomic E-state index is 0.00226. The van der Waals surface area contributed by atoms with E-state index in [1.54, 1.807) is 28.7 Å². The van der Waals surface area contributed by atoms with E-state index in [4.69, 9.17) is 0 Å². The Morgan fingerprint density at radius 3 is 2.14 bits per heavy atom. The average Bonchev–Trinajstić information content (AvgIpc) is 3.44. The quantitative estimate of drug-likeness (QED) is 0.333. The molecular formula is C34H61N5O4. The standard InChI is InChI=1S/C34H61N5O4/c1-12-13-19-36(10)32(42)27-18-16-21-39(27)31(41)25(6)22-28(23(2)3)37(11)33(43)29(34(7,8)9)35-30(40)26-17-14-15-20-38(26)24(4)5/h22-24,26-29H,12-21H2,1-11H3,(H,35,40)/b25-22+/t26-,27+,28?,29-/m1/s1. The summed E-state index contributed by atoms with van der Waals surface area (Å²) >= 11 is 0. The van der Waals surface area contributed by atoms with E-state index in [-0.39, 0.29) is 47.7 Å². The van der Waals surface area contributed by atoms with Gasteiger partial charge in [0.15, 0.2) is 0 Å². The molecule has 1 unspecified atom stereocenters. The molecule has 2 saturated heterocycles. The van der Waals surface area contributed by atoms with Gasteiger partial charge in [0.05, 0.1) is 12.1 Å². The summed E-state index contributed by atoms with van der Waals surface area (Å²) in [6, 6.07) is -1.51. The van der Waals surface area contributed by atoms with Crippen LogP contribution in [-0.2, 0) is 19.2 Å². The summed E-state index contributed by atoms with van der Waals surface area (Å²) in [7, 11) is 3.58. The van der Waals surface area contributed by atoms with Crippen molar-refractivity contribution in [3.8, 4) is 0 Å². The Bertz CT molecular complexity index is 1000. The summed E-state index contributed by atoms with van der Waals surface area (Å²) < 4.78 is 0. The lowest BCUT2D eigenvalue weighted by Crippen LogP contribution is -2.60. The molecule has 4 amide bonds. The minimum Gasteiger partial charge on any atom is -0.344 e. The largest absolute Gasteiger partial charge is 0.344 e. The molecule has 0 aliphatic carbocycles. The average molecular weight is 604 g/mol. The molecule has 0 aromatic carbocycles. The molecule has 246 valence electrons. The van der Waals surface area contributed by atoms with Crippen LogP contribution in [-0.4, -0.2) is 107 Å². The smallest absolute Gasteiger partial charge is 0.249 e. The van der Waals surface area contributed by atoms with Crippen LogP contribution in [0, 0.1) is 11.3 Å². The highest BCUT2D eigenvalue weighted by molar-refractivity contribution is 5.97. The van der Waals surface area contributed by atoms with Crippen LogP contribution in [0.1, 0.15) is 107 Å². The minimum atomic E-state index is -0.717. The van der Waals surface area contributed by atoms with E-state index in [1.807, 2.05) is 47.7 Å². The number of amides is 4. The molecule has 1 N–H and O–H groups in total. The van der Waals surface area contributed by atoms with E-state index >= 15 is 0 Å². The highest BCUT2D eigenvalue weighted by atomic mass is 16.2. The predicted octanol–water partition coefficient (Wildman–Crippen LogP) is 4.46. The van der Waals surface area contributed by atoms with Crippen molar-refractivity contribution in [1.29, 1.82) is 0 Å². The Labute approximate surface area is 261 Å². The lowest BCUT2D eigenvalue weighted by atomic mass is 9.84. The first-order valence-corrected chi connectivity index (χ1v) is 16.6. The van der Waals surface area contributed by atoms with Crippen LogP contribution < -0.4 is 5.32 Å². The number of likely N-dealkylation sites (tertiary alicyclic amines) is 2. The molecule has 9 nitrogen and oxygen atoms in total. The Hall–Kier alpha value is -2.42. The van der Waals surface area contributed by atoms with E-state index in [9.17, 15) is 19.2 Å². The third-order valence-corrected chi connectivity index (χ3v) is 9.17. The fraction of sp³-hybridized carbons (Fsp3) is 0.824. The number of carbonyl (C=O) groups excluding carboxylic acids is 4. The van der Waals surface area contributed by atoms with Crippen LogP contribution >= 0.6 is 0 Å². The van der Waals surface area contributed by atoms with Crippen molar-refractivity contribution in [2.75, 3.05) is 33.7 Å². The van der Waals surface area contributed by atoms with E-state index in [2.05, 4.69) is 31.0 Å². The van der Waals surface area contributed by atoms with Gasteiger partial charge in [-0.2, -0.15) is 0 Å². The zero-order valence-corrected chi connectivity index (χ0v) is 29.0. The number of nitrogens with one attached hydrogen (secondary N) is 1. The number of nitrogens with zero attached hydrogens (tertiary/aromatic N) is 4. The number of unbranched alkanes of at least 4 members (excludes halogenated alkanes) is 1. The van der Waals surface area contributed by atoms with Crippen molar-refractivity contribution in [1.82, 2.24) is 24.9 Å². The number of rotatable bonds is 12. The zero-order valence-electron chi connectivity index (χ0n) is 29.0. The van der Waals surface area contributed by atoms with Gasteiger partial charge in [-0.1, -0.05) is 60.5 Å². The Morgan fingerprint density at radius 2 is 1.58 bits per heavy atom. The summed E-state index contributed by atoms with van der Waals surface area (Å²) in [6.07, 6.45) is 8.15. The molecule has 0 spiro atoms. The van der Waals surface area contributed by atoms with Crippen molar-refractivity contribution in [2.24, 2.45) is 11.3 Å². The lowest BCUT2D eigenvalue weighted by Gasteiger charge is -2.41. The molecule has 43 heavy (non-hydrogen) atoms. The summed E-state index contributed by atoms with van der Waals surface area (Å²) in [6.45, 7) is 20.2. The van der Waals surface area contributed by atoms with Gasteiger partial charge in [-0.05, 0) is 70.8 Å². The van der Waals surface area contributed by atoms with Gasteiger partial charge >= 0.3 is 0 Å². The molecule has 4 atom stereocenters. The van der Waals surface area contributed by atoms with Crippen LogP contribution in [0.25, 0.3) is 0 Å². The molecule has 2 aliphatic rings. The number of hydrogen-bond donors (Lipinski definition) is 1. The van der Waals surface area contributed by atoms with E-state index in [1.165, 1.54) is 0 Å². The van der Waals surface area contributed by atoms with Gasteiger partial charge in [-0.3, -0.25) is 24.1 Å². The maximum absolute atomic E-state index is 14.1. The molecule has 0 aromatic heterocycles. The maximum Gasteiger partial charge on any atom is 0.249 e. The first-order valence-electron chi connectivity index (χ1n) is 16.6. The van der Waals surface area contributed by atoms with Gasteiger partial charge in [0.25, 0.3) is 0 Å². The number of piperidine rings is 1. The van der Waals surface area contributed by atoms with Gasteiger partial charge in [-0.15, -0.1) is 0 Å². The van der Waals surface area contributed by atoms with Crippen molar-refractivity contribution >= 4 is 23.6 Å². The lowest BCUT2D eigenvalue weighted by molar-refractivity contribution is -0.142. The molecular weight excluding hydrogens is 542 g/mol. The molecule has 2 fully saturated rings. The van der Waals surface area contributed by atoms with Crippen molar-refractivity contribution in [2.45, 2.75) is 137 Å². The van der Waals surface area contributed by atoms with Gasteiger partial charge in [0.2, 0.25) is 23.6 Å². The molecule has 9 heteroatoms. The van der Waals surface area contributed by atoms with Crippen LogP contribution in [0.5, 0.6) is 0 Å². The molecule has 2 rings (SSSR count). The first-order chi connectivity index (χ1) is 20.0. The summed E-state index contributed by atoms with van der Waals surface area (Å²) in [5, 5.41) is 3.14. The van der Waals surface area contributed by atoms with E-state index in [0.29, 0.717) is 25.1 Å². The van der Waals surface area contributed by atoms with Crippen molar-refractivity contribution in [3.63, 3.8) is 0 Å². The number of likely N-dealkylation sites (N-methyl/N-ethyl adjacent to an activating group) is 2. The van der Waals surface area contributed by atoms with Crippen LogP contribution in [0.15, 0.2) is 11.6 Å². The predicted molar refractivity (Wildman–Crippen MR) is 173 cm³/mol. The molecule has 0 aromatic rings. The maximum atomic E-state index is 14.1. The van der Waals surface area contributed by atoms with Crippen LogP contribution in [0.4, 0.5) is 0 Å². The van der Waals surface area contributed by atoms with Crippen molar-refractivity contribution in [3.05, 3.63) is 11.6 Å². The highest BCUT2D eigenvalue weighted by Crippen LogP contribution is 2.27. The number of carbonyl (C=O) groups is 4. The van der Waals surface area contributed by atoms with Crippen LogP contribution in [0.2, 0.25) is 0 Å². The zero-order chi connectivity index (χ0) is 32.6. The summed E-state index contributed by atoms with van der Waals surface area (Å²) in [5.74, 6) is -0.393. The summed E-state index contributed by atoms with van der Waals surface area (Å²) in [4.78, 5) is 61.9. The molecule has 0 bridgehead atoms. The highest BCUT2D eigenvalue weighted by Gasteiger charge is 2.40. The molecule has 0 radical (unpaired) electrons. The summed E-state index contributed by atoms with van der Waals surface area (Å²) in [5.41, 5.74) is 0.0156. The third kappa shape index (κ3) is 9.53. The topological polar surface area (TPSA) is 93.3 Å². The fourth-order valence-corrected chi connectivity index (χ4v) is 6.42. The Balaban J connectivity index is 2.26. The normalized spacial score (nSPS) is 21.6. The molecule has 2 aliphatic heterocycles. The SMILES string of the molecule is CCCCN(C)C(=O)[C@@H]1CCCN1C(=O)/C(C)=C/C(C(C)C)N(C)C(=O)[C@@H](NC(=O)[C@H]1CCCCN1C(C)C)C(C)(C)C. The Morgan fingerprint density at radius 1 is 0.953 bits per heavy atom. The van der Waals surface area contributed by atoms with Gasteiger partial charge in [-0.25, -0.2) is 0 Å². The van der Waals surface area contributed by atoms with Crippen LogP contribution in [0.3, 0.4) is 0 Å². The third-order valence-electron chi connectivity index (χ3n) is 9.17. The first kappa shape index (κ1) is 36.8. The molecule has 0 saturated carbocycles. The van der Waals surface area contributed by atoms with Gasteiger partial charge < -0.3 is 20.0 Å². The monoisotopic (exact) mass is 603 g/mol. The van der Waals surface area contributed by atoms with Crippen molar-refractivity contribution < 1.29 is 19.2 Å². The second-order valence-corrected chi connectivity index (χ2v) is 14.5. The second-order valence-electron chi connectivity index (χ2n) is 14.5. The van der Waals surface area contributed by atoms with Gasteiger partial charge in [0, 0.05) is 38.8 Å².